The highest BCUT2D eigenvalue weighted by Crippen LogP contribution is 2.18. The van der Waals surface area contributed by atoms with Crippen molar-refractivity contribution in [1.82, 2.24) is 0 Å². The van der Waals surface area contributed by atoms with Gasteiger partial charge in [0.05, 0.1) is 0 Å². The van der Waals surface area contributed by atoms with Crippen molar-refractivity contribution < 1.29 is 0 Å². The molecular formula is C8H7BrCl2. The summed E-state index contributed by atoms with van der Waals surface area (Å²) in [5.74, 6) is 1.06. The van der Waals surface area contributed by atoms with Crippen LogP contribution in [0, 0.1) is 0 Å². The molecule has 0 aromatic heterocycles. The number of hydrogen-bond donors (Lipinski definition) is 0. The Bertz CT molecular complexity index is 226. The van der Waals surface area contributed by atoms with E-state index in [1.807, 2.05) is 18.2 Å². The first kappa shape index (κ1) is 9.37. The van der Waals surface area contributed by atoms with Gasteiger partial charge in [0.25, 0.3) is 0 Å². The van der Waals surface area contributed by atoms with Crippen LogP contribution >= 0.6 is 39.1 Å². The molecule has 0 amide bonds. The highest BCUT2D eigenvalue weighted by atomic mass is 79.9. The van der Waals surface area contributed by atoms with Crippen LogP contribution in [-0.4, -0.2) is 0 Å². The van der Waals surface area contributed by atoms with E-state index in [9.17, 15) is 0 Å². The van der Waals surface area contributed by atoms with Crippen LogP contribution in [0.5, 0.6) is 0 Å². The van der Waals surface area contributed by atoms with E-state index >= 15 is 0 Å². The van der Waals surface area contributed by atoms with Crippen LogP contribution in [0.1, 0.15) is 11.1 Å². The van der Waals surface area contributed by atoms with Gasteiger partial charge in [-0.05, 0) is 23.3 Å². The summed E-state index contributed by atoms with van der Waals surface area (Å²) in [6.45, 7) is 0. The zero-order valence-corrected chi connectivity index (χ0v) is 8.88. The van der Waals surface area contributed by atoms with Crippen LogP contribution in [0.2, 0.25) is 0 Å². The summed E-state index contributed by atoms with van der Waals surface area (Å²) in [6.07, 6.45) is 0. The molecule has 0 N–H and O–H groups in total. The third kappa shape index (κ3) is 2.66. The van der Waals surface area contributed by atoms with Gasteiger partial charge in [-0.3, -0.25) is 0 Å². The van der Waals surface area contributed by atoms with Gasteiger partial charge in [0.2, 0.25) is 0 Å². The minimum atomic E-state index is 0.531. The van der Waals surface area contributed by atoms with E-state index in [0.29, 0.717) is 11.8 Å². The van der Waals surface area contributed by atoms with E-state index in [1.54, 1.807) is 0 Å². The molecule has 1 aromatic carbocycles. The molecule has 0 aliphatic carbocycles. The largest absolute Gasteiger partial charge is 0.122 e. The Hall–Kier alpha value is 0.280. The first-order chi connectivity index (χ1) is 5.26. The predicted molar refractivity (Wildman–Crippen MR) is 53.3 cm³/mol. The van der Waals surface area contributed by atoms with Crippen LogP contribution in [0.15, 0.2) is 22.7 Å². The molecule has 3 heteroatoms. The second-order valence-corrected chi connectivity index (χ2v) is 3.69. The summed E-state index contributed by atoms with van der Waals surface area (Å²) in [5.41, 5.74) is 2.19. The summed E-state index contributed by atoms with van der Waals surface area (Å²) in [5, 5.41) is 0. The molecule has 60 valence electrons. The molecule has 0 unspecified atom stereocenters. The van der Waals surface area contributed by atoms with Crippen LogP contribution in [0.3, 0.4) is 0 Å². The van der Waals surface area contributed by atoms with E-state index in [4.69, 9.17) is 23.2 Å². The van der Waals surface area contributed by atoms with E-state index < -0.39 is 0 Å². The lowest BCUT2D eigenvalue weighted by molar-refractivity contribution is 1.30. The zero-order valence-electron chi connectivity index (χ0n) is 5.78. The minimum Gasteiger partial charge on any atom is -0.122 e. The molecule has 0 saturated heterocycles. The van der Waals surface area contributed by atoms with Crippen LogP contribution in [0.4, 0.5) is 0 Å². The van der Waals surface area contributed by atoms with Gasteiger partial charge in [-0.2, -0.15) is 0 Å². The molecule has 0 fully saturated rings. The third-order valence-corrected chi connectivity index (χ3v) is 2.40. The lowest BCUT2D eigenvalue weighted by atomic mass is 10.2. The van der Waals surface area contributed by atoms with E-state index in [-0.39, 0.29) is 0 Å². The molecule has 0 radical (unpaired) electrons. The second kappa shape index (κ2) is 4.34. The standard InChI is InChI=1S/C8H7BrCl2/c9-8-2-6(4-10)1-7(3-8)5-11/h1-3H,4-5H2. The number of rotatable bonds is 2. The summed E-state index contributed by atoms with van der Waals surface area (Å²) >= 11 is 14.7. The highest BCUT2D eigenvalue weighted by molar-refractivity contribution is 9.10. The maximum atomic E-state index is 5.66. The lowest BCUT2D eigenvalue weighted by Gasteiger charge is -2.00. The molecule has 1 rings (SSSR count). The number of alkyl halides is 2. The average molecular weight is 254 g/mol. The first-order valence-corrected chi connectivity index (χ1v) is 5.02. The third-order valence-electron chi connectivity index (χ3n) is 1.33. The van der Waals surface area contributed by atoms with Crippen LogP contribution in [0.25, 0.3) is 0 Å². The van der Waals surface area contributed by atoms with Gasteiger partial charge >= 0.3 is 0 Å². The van der Waals surface area contributed by atoms with Crippen LogP contribution in [-0.2, 0) is 11.8 Å². The number of benzene rings is 1. The molecule has 0 bridgehead atoms. The Labute approximate surface area is 84.6 Å². The minimum absolute atomic E-state index is 0.531. The normalized spacial score (nSPS) is 10.1. The summed E-state index contributed by atoms with van der Waals surface area (Å²) < 4.78 is 1.03. The Balaban J connectivity index is 3.02. The second-order valence-electron chi connectivity index (χ2n) is 2.23. The molecule has 11 heavy (non-hydrogen) atoms. The average Bonchev–Trinajstić information content (AvgIpc) is 2.03. The summed E-state index contributed by atoms with van der Waals surface area (Å²) in [4.78, 5) is 0. The summed E-state index contributed by atoms with van der Waals surface area (Å²) in [6, 6.07) is 5.98. The molecule has 0 aliphatic heterocycles. The zero-order chi connectivity index (χ0) is 8.27. The van der Waals surface area contributed by atoms with Crippen molar-refractivity contribution in [3.8, 4) is 0 Å². The molecule has 1 aromatic rings. The van der Waals surface area contributed by atoms with Crippen molar-refractivity contribution in [2.45, 2.75) is 11.8 Å². The molecular weight excluding hydrogens is 247 g/mol. The first-order valence-electron chi connectivity index (χ1n) is 3.16. The molecule has 0 atom stereocenters. The van der Waals surface area contributed by atoms with Crippen molar-refractivity contribution in [2.24, 2.45) is 0 Å². The quantitative estimate of drug-likeness (QED) is 0.701. The van der Waals surface area contributed by atoms with Gasteiger partial charge < -0.3 is 0 Å². The Morgan fingerprint density at radius 3 is 1.82 bits per heavy atom. The molecule has 0 saturated carbocycles. The number of halogens is 3. The lowest BCUT2D eigenvalue weighted by Crippen LogP contribution is -1.83. The monoisotopic (exact) mass is 252 g/mol. The molecule has 0 spiro atoms. The maximum Gasteiger partial charge on any atom is 0.0474 e. The SMILES string of the molecule is ClCc1cc(Br)cc(CCl)c1. The maximum absolute atomic E-state index is 5.66. The highest BCUT2D eigenvalue weighted by Gasteiger charge is 1.96. The Morgan fingerprint density at radius 2 is 1.45 bits per heavy atom. The van der Waals surface area contributed by atoms with E-state index in [0.717, 1.165) is 15.6 Å². The smallest absolute Gasteiger partial charge is 0.0474 e. The van der Waals surface area contributed by atoms with Crippen molar-refractivity contribution in [1.29, 1.82) is 0 Å². The Kier molecular flexibility index (Phi) is 3.70. The fourth-order valence-corrected chi connectivity index (χ4v) is 1.77. The molecule has 0 heterocycles. The van der Waals surface area contributed by atoms with Crippen molar-refractivity contribution in [3.05, 3.63) is 33.8 Å². The van der Waals surface area contributed by atoms with Crippen molar-refractivity contribution in [2.75, 3.05) is 0 Å². The topological polar surface area (TPSA) is 0 Å². The fourth-order valence-electron chi connectivity index (χ4n) is 0.872. The predicted octanol–water partition coefficient (Wildman–Crippen LogP) is 3.93. The van der Waals surface area contributed by atoms with Crippen molar-refractivity contribution in [3.63, 3.8) is 0 Å². The number of hydrogen-bond acceptors (Lipinski definition) is 0. The Morgan fingerprint density at radius 1 is 1.00 bits per heavy atom. The van der Waals surface area contributed by atoms with Gasteiger partial charge in [0, 0.05) is 16.2 Å². The van der Waals surface area contributed by atoms with E-state index in [2.05, 4.69) is 15.9 Å². The van der Waals surface area contributed by atoms with Gasteiger partial charge in [-0.15, -0.1) is 23.2 Å². The van der Waals surface area contributed by atoms with E-state index in [1.165, 1.54) is 0 Å². The van der Waals surface area contributed by atoms with Gasteiger partial charge in [-0.25, -0.2) is 0 Å². The van der Waals surface area contributed by atoms with Gasteiger partial charge in [-0.1, -0.05) is 22.0 Å². The fraction of sp³-hybridized carbons (Fsp3) is 0.250. The van der Waals surface area contributed by atoms with Gasteiger partial charge in [0.15, 0.2) is 0 Å². The molecule has 0 aliphatic rings. The molecule has 0 nitrogen and oxygen atoms in total. The summed E-state index contributed by atoms with van der Waals surface area (Å²) in [7, 11) is 0. The van der Waals surface area contributed by atoms with Gasteiger partial charge in [0.1, 0.15) is 0 Å². The van der Waals surface area contributed by atoms with Crippen molar-refractivity contribution >= 4 is 39.1 Å². The van der Waals surface area contributed by atoms with Crippen LogP contribution < -0.4 is 0 Å².